The van der Waals surface area contributed by atoms with Crippen molar-refractivity contribution >= 4 is 58.2 Å². The van der Waals surface area contributed by atoms with Crippen molar-refractivity contribution in [1.29, 1.82) is 0 Å². The molecule has 0 aliphatic rings. The first-order chi connectivity index (χ1) is 15.6. The lowest BCUT2D eigenvalue weighted by molar-refractivity contribution is 0.0963. The van der Waals surface area contributed by atoms with Gasteiger partial charge in [0.1, 0.15) is 0 Å². The first-order valence-corrected chi connectivity index (χ1v) is 13.2. The summed E-state index contributed by atoms with van der Waals surface area (Å²) >= 11 is 2.24. The van der Waals surface area contributed by atoms with E-state index >= 15 is 0 Å². The van der Waals surface area contributed by atoms with Crippen molar-refractivity contribution in [3.8, 4) is 22.3 Å². The van der Waals surface area contributed by atoms with Gasteiger partial charge in [-0.05, 0) is 53.9 Å². The number of amides is 1. The van der Waals surface area contributed by atoms with E-state index in [1.807, 2.05) is 34.6 Å². The highest BCUT2D eigenvalue weighted by Crippen LogP contribution is 2.38. The van der Waals surface area contributed by atoms with Crippen molar-refractivity contribution < 1.29 is 4.79 Å². The maximum absolute atomic E-state index is 12.2. The monoisotopic (exact) mass is 551 g/mol. The lowest BCUT2D eigenvalue weighted by Gasteiger charge is -2.11. The molecule has 1 amide bonds. The zero-order valence-corrected chi connectivity index (χ0v) is 20.3. The molecule has 4 aromatic heterocycles. The maximum Gasteiger partial charge on any atom is 0.252 e. The molecule has 8 heteroatoms. The summed E-state index contributed by atoms with van der Waals surface area (Å²) in [4.78, 5) is 25.7. The second-order valence-electron chi connectivity index (χ2n) is 7.40. The number of hydrogen-bond acceptors (Lipinski definition) is 5. The van der Waals surface area contributed by atoms with E-state index in [1.165, 1.54) is 0 Å². The zero-order valence-electron chi connectivity index (χ0n) is 17.3. The molecule has 158 valence electrons. The van der Waals surface area contributed by atoms with Crippen LogP contribution in [0, 0.1) is 6.92 Å². The second-order valence-corrected chi connectivity index (χ2v) is 9.11. The Morgan fingerprint density at radius 3 is 2.66 bits per heavy atom. The van der Waals surface area contributed by atoms with Gasteiger partial charge in [-0.3, -0.25) is 18.7 Å². The molecule has 0 bridgehead atoms. The van der Waals surface area contributed by atoms with Gasteiger partial charge in [-0.1, -0.05) is 6.07 Å². The molecular weight excluding hydrogens is 533 g/mol. The number of pyridine rings is 3. The molecule has 0 fully saturated rings. The van der Waals surface area contributed by atoms with E-state index in [0.29, 0.717) is 5.56 Å². The molecule has 1 aromatic carbocycles. The maximum atomic E-state index is 12.2. The number of fused-ring (bicyclic) bond motifs is 2. The largest absolute Gasteiger partial charge is 0.355 e. The number of halogens is 1. The van der Waals surface area contributed by atoms with Crippen LogP contribution in [0.1, 0.15) is 15.9 Å². The highest BCUT2D eigenvalue weighted by molar-refractivity contribution is 14.2. The minimum absolute atomic E-state index is 0.155. The molecule has 5 aromatic rings. The third-order valence-corrected chi connectivity index (χ3v) is 7.19. The molecule has 0 unspecified atom stereocenters. The molecule has 1 N–H and O–H groups in total. The Labute approximate surface area is 201 Å². The number of carbonyl (C=O) groups excluding carboxylic acids is 1. The molecule has 0 spiro atoms. The van der Waals surface area contributed by atoms with Crippen LogP contribution in [0.3, 0.4) is 0 Å². The summed E-state index contributed by atoms with van der Waals surface area (Å²) in [5, 5.41) is 4.67. The first-order valence-electron chi connectivity index (χ1n) is 9.93. The number of carbonyl (C=O) groups is 1. The van der Waals surface area contributed by atoms with E-state index in [2.05, 4.69) is 72.8 Å². The van der Waals surface area contributed by atoms with Crippen LogP contribution in [-0.2, 0) is 0 Å². The van der Waals surface area contributed by atoms with Crippen LogP contribution in [0.15, 0.2) is 67.4 Å². The zero-order chi connectivity index (χ0) is 22.2. The summed E-state index contributed by atoms with van der Waals surface area (Å²) in [7, 11) is 3.17. The fourth-order valence-corrected chi connectivity index (χ4v) is 5.25. The van der Waals surface area contributed by atoms with E-state index in [0.717, 1.165) is 49.8 Å². The van der Waals surface area contributed by atoms with Crippen molar-refractivity contribution in [3.63, 3.8) is 0 Å². The van der Waals surface area contributed by atoms with Gasteiger partial charge in [0.25, 0.3) is 5.91 Å². The predicted octanol–water partition coefficient (Wildman–Crippen LogP) is 5.83. The number of aryl methyl sites for hydroxylation is 1. The molecule has 6 nitrogen and oxygen atoms in total. The Hall–Kier alpha value is -2.98. The summed E-state index contributed by atoms with van der Waals surface area (Å²) in [6.45, 7) is 2.08. The molecule has 4 heterocycles. The Kier molecular flexibility index (Phi) is 5.56. The number of benzene rings is 1. The van der Waals surface area contributed by atoms with Crippen molar-refractivity contribution in [2.45, 2.75) is 6.92 Å². The van der Waals surface area contributed by atoms with Gasteiger partial charge in [-0.15, -0.1) is 0 Å². The fraction of sp³-hybridized carbons (Fsp3) is 0.0833. The molecule has 0 saturated carbocycles. The third-order valence-electron chi connectivity index (χ3n) is 5.49. The highest BCUT2D eigenvalue weighted by Gasteiger charge is 2.17. The van der Waals surface area contributed by atoms with Gasteiger partial charge in [-0.25, -0.2) is 4.98 Å². The second kappa shape index (κ2) is 8.51. The molecule has 32 heavy (non-hydrogen) atoms. The Morgan fingerprint density at radius 2 is 1.91 bits per heavy atom. The summed E-state index contributed by atoms with van der Waals surface area (Å²) in [5.74, 6) is -0.155. The minimum Gasteiger partial charge on any atom is -0.355 e. The molecular formula is C24H18IN5OS. The predicted molar refractivity (Wildman–Crippen MR) is 139 cm³/mol. The summed E-state index contributed by atoms with van der Waals surface area (Å²) < 4.78 is 2.02. The van der Waals surface area contributed by atoms with E-state index in [4.69, 9.17) is 0 Å². The molecule has 5 rings (SSSR count). The van der Waals surface area contributed by atoms with Crippen molar-refractivity contribution in [1.82, 2.24) is 24.2 Å². The number of nitrogens with one attached hydrogen (secondary N) is 1. The molecule has 0 radical (unpaired) electrons. The van der Waals surface area contributed by atoms with Crippen LogP contribution >= 0.6 is 30.3 Å². The lowest BCUT2D eigenvalue weighted by Crippen LogP contribution is -2.17. The third kappa shape index (κ3) is 3.53. The van der Waals surface area contributed by atoms with Gasteiger partial charge in [0.15, 0.2) is 5.65 Å². The van der Waals surface area contributed by atoms with Gasteiger partial charge in [0.05, 0.1) is 11.1 Å². The van der Waals surface area contributed by atoms with Gasteiger partial charge in [0, 0.05) is 90.3 Å². The number of rotatable bonds is 4. The minimum atomic E-state index is -0.155. The Morgan fingerprint density at radius 1 is 1.03 bits per heavy atom. The van der Waals surface area contributed by atoms with Gasteiger partial charge in [0.2, 0.25) is 0 Å². The normalized spacial score (nSPS) is 11.2. The molecule has 0 aliphatic carbocycles. The average Bonchev–Trinajstić information content (AvgIpc) is 3.21. The number of nitrogens with zero attached hydrogens (tertiary/aromatic N) is 4. The van der Waals surface area contributed by atoms with Gasteiger partial charge < -0.3 is 5.32 Å². The average molecular weight is 551 g/mol. The van der Waals surface area contributed by atoms with E-state index in [9.17, 15) is 4.79 Å². The number of aromatic nitrogens is 4. The summed E-state index contributed by atoms with van der Waals surface area (Å²) in [6.07, 6.45) is 9.18. The SMILES string of the molecule is CNC(=O)c1cnc2c(c1)c(-c1cc(C)c3nccc(-c4cccnc4)c3c1)cn2SI. The number of hydrogen-bond donors (Lipinski definition) is 1. The standard InChI is InChI=1S/C24H18IN5OS/c1-14-8-16(9-19-18(5-7-28-22(14)19)15-4-3-6-27-11-15)21-13-30(32-25)23-20(21)10-17(12-29-23)24(31)26-2/h3-13H,1-2H3,(H,26,31). The topological polar surface area (TPSA) is 72.7 Å². The Balaban J connectivity index is 1.79. The van der Waals surface area contributed by atoms with Crippen LogP contribution in [0.4, 0.5) is 0 Å². The smallest absolute Gasteiger partial charge is 0.252 e. The van der Waals surface area contributed by atoms with Crippen molar-refractivity contribution in [2.75, 3.05) is 7.05 Å². The van der Waals surface area contributed by atoms with E-state index in [1.54, 1.807) is 28.6 Å². The fourth-order valence-electron chi connectivity index (χ4n) is 3.99. The molecule has 0 atom stereocenters. The summed E-state index contributed by atoms with van der Waals surface area (Å²) in [6, 6.07) is 12.2. The molecule has 0 saturated heterocycles. The van der Waals surface area contributed by atoms with Gasteiger partial charge in [-0.2, -0.15) is 0 Å². The summed E-state index contributed by atoms with van der Waals surface area (Å²) in [5.41, 5.74) is 7.62. The lowest BCUT2D eigenvalue weighted by atomic mass is 9.95. The highest BCUT2D eigenvalue weighted by atomic mass is 127. The van der Waals surface area contributed by atoms with Gasteiger partial charge >= 0.3 is 0 Å². The van der Waals surface area contributed by atoms with Crippen LogP contribution in [0.5, 0.6) is 0 Å². The van der Waals surface area contributed by atoms with Crippen molar-refractivity contribution in [3.05, 3.63) is 78.5 Å². The van der Waals surface area contributed by atoms with Crippen molar-refractivity contribution in [2.24, 2.45) is 0 Å². The van der Waals surface area contributed by atoms with Crippen LogP contribution in [-0.4, -0.2) is 31.9 Å². The Bertz CT molecular complexity index is 1480. The van der Waals surface area contributed by atoms with E-state index in [-0.39, 0.29) is 5.91 Å². The van der Waals surface area contributed by atoms with Crippen LogP contribution < -0.4 is 5.32 Å². The quantitative estimate of drug-likeness (QED) is 0.285. The first kappa shape index (κ1) is 20.9. The van der Waals surface area contributed by atoms with E-state index < -0.39 is 0 Å². The molecule has 0 aliphatic heterocycles. The van der Waals surface area contributed by atoms with Crippen LogP contribution in [0.2, 0.25) is 0 Å². The van der Waals surface area contributed by atoms with Crippen LogP contribution in [0.25, 0.3) is 44.2 Å².